The maximum atomic E-state index is 5.73. The van der Waals surface area contributed by atoms with Crippen molar-refractivity contribution in [3.8, 4) is 11.4 Å². The van der Waals surface area contributed by atoms with Gasteiger partial charge in [0, 0.05) is 11.9 Å². The van der Waals surface area contributed by atoms with Crippen LogP contribution >= 0.6 is 22.9 Å². The maximum absolute atomic E-state index is 5.73. The highest BCUT2D eigenvalue weighted by Gasteiger charge is 2.10. The average Bonchev–Trinajstić information content (AvgIpc) is 2.82. The zero-order valence-corrected chi connectivity index (χ0v) is 10.3. The lowest BCUT2D eigenvalue weighted by Crippen LogP contribution is -1.99. The molecule has 2 aromatic heterocycles. The number of alkyl halides is 1. The van der Waals surface area contributed by atoms with E-state index in [1.807, 2.05) is 17.0 Å². The Kier molecular flexibility index (Phi) is 3.07. The van der Waals surface area contributed by atoms with Crippen LogP contribution in [0.5, 0.6) is 0 Å². The van der Waals surface area contributed by atoms with Gasteiger partial charge in [-0.05, 0) is 19.9 Å². The summed E-state index contributed by atoms with van der Waals surface area (Å²) in [6.45, 7) is 4.92. The first-order valence-electron chi connectivity index (χ1n) is 4.79. The summed E-state index contributed by atoms with van der Waals surface area (Å²) in [6, 6.07) is 2.05. The van der Waals surface area contributed by atoms with E-state index in [0.717, 1.165) is 28.6 Å². The topological polar surface area (TPSA) is 30.7 Å². The largest absolute Gasteiger partial charge is 0.263 e. The van der Waals surface area contributed by atoms with Crippen molar-refractivity contribution in [2.75, 3.05) is 0 Å². The van der Waals surface area contributed by atoms with Gasteiger partial charge in [-0.3, -0.25) is 4.68 Å². The van der Waals surface area contributed by atoms with Gasteiger partial charge in [-0.25, -0.2) is 4.98 Å². The van der Waals surface area contributed by atoms with Crippen LogP contribution in [0.4, 0.5) is 0 Å². The third-order valence-corrected chi connectivity index (χ3v) is 3.39. The molecule has 80 valence electrons. The summed E-state index contributed by atoms with van der Waals surface area (Å²) in [5, 5.41) is 7.37. The van der Waals surface area contributed by atoms with Gasteiger partial charge in [-0.15, -0.1) is 22.9 Å². The molecule has 0 fully saturated rings. The number of thiazole rings is 1. The lowest BCUT2D eigenvalue weighted by atomic mass is 10.3. The summed E-state index contributed by atoms with van der Waals surface area (Å²) < 4.78 is 1.96. The highest BCUT2D eigenvalue weighted by molar-refractivity contribution is 7.10. The van der Waals surface area contributed by atoms with Gasteiger partial charge >= 0.3 is 0 Å². The fourth-order valence-corrected chi connectivity index (χ4v) is 2.37. The Balaban J connectivity index is 2.43. The van der Waals surface area contributed by atoms with Gasteiger partial charge in [0.25, 0.3) is 0 Å². The van der Waals surface area contributed by atoms with Crippen LogP contribution in [0.3, 0.4) is 0 Å². The molecular formula is C10H12ClN3S. The normalized spacial score (nSPS) is 10.9. The van der Waals surface area contributed by atoms with Crippen LogP contribution < -0.4 is 0 Å². The number of rotatable bonds is 3. The number of halogens is 1. The van der Waals surface area contributed by atoms with Crippen molar-refractivity contribution in [1.82, 2.24) is 14.8 Å². The van der Waals surface area contributed by atoms with Gasteiger partial charge in [0.1, 0.15) is 5.01 Å². The van der Waals surface area contributed by atoms with E-state index in [9.17, 15) is 0 Å². The summed E-state index contributed by atoms with van der Waals surface area (Å²) in [7, 11) is 0. The monoisotopic (exact) mass is 241 g/mol. The molecule has 2 rings (SSSR count). The Hall–Kier alpha value is -0.870. The molecule has 0 N–H and O–H groups in total. The summed E-state index contributed by atoms with van der Waals surface area (Å²) in [4.78, 5) is 4.45. The lowest BCUT2D eigenvalue weighted by molar-refractivity contribution is 0.659. The predicted molar refractivity (Wildman–Crippen MR) is 63.3 cm³/mol. The van der Waals surface area contributed by atoms with Crippen LogP contribution in [-0.4, -0.2) is 14.8 Å². The zero-order chi connectivity index (χ0) is 10.8. The van der Waals surface area contributed by atoms with E-state index < -0.39 is 0 Å². The first-order chi connectivity index (χ1) is 7.24. The van der Waals surface area contributed by atoms with E-state index in [1.54, 1.807) is 11.3 Å². The van der Waals surface area contributed by atoms with Gasteiger partial charge in [0.05, 0.1) is 23.0 Å². The first-order valence-corrected chi connectivity index (χ1v) is 6.21. The first kappa shape index (κ1) is 10.6. The minimum absolute atomic E-state index is 0.476. The predicted octanol–water partition coefficient (Wildman–Crippen LogP) is 3.07. The Morgan fingerprint density at radius 1 is 1.53 bits per heavy atom. The Labute approximate surface area is 97.7 Å². The molecule has 0 bridgehead atoms. The van der Waals surface area contributed by atoms with Crippen molar-refractivity contribution in [3.63, 3.8) is 0 Å². The van der Waals surface area contributed by atoms with Crippen molar-refractivity contribution in [2.45, 2.75) is 26.3 Å². The van der Waals surface area contributed by atoms with Gasteiger partial charge in [0.15, 0.2) is 0 Å². The van der Waals surface area contributed by atoms with E-state index in [2.05, 4.69) is 23.1 Å². The summed E-state index contributed by atoms with van der Waals surface area (Å²) in [5.74, 6) is 0.476. The summed E-state index contributed by atoms with van der Waals surface area (Å²) >= 11 is 7.32. The molecule has 0 aliphatic carbocycles. The molecule has 5 heteroatoms. The molecule has 2 aromatic rings. The van der Waals surface area contributed by atoms with Crippen LogP contribution in [0.1, 0.15) is 17.6 Å². The van der Waals surface area contributed by atoms with Gasteiger partial charge in [0.2, 0.25) is 0 Å². The molecule has 0 aliphatic rings. The smallest absolute Gasteiger partial charge is 0.108 e. The second-order valence-corrected chi connectivity index (χ2v) is 4.46. The Bertz CT molecular complexity index is 461. The quantitative estimate of drug-likeness (QED) is 0.774. The molecule has 0 unspecified atom stereocenters. The standard InChI is InChI=1S/C10H12ClN3S/c1-3-14-9(4-7(2)13-14)8-6-15-10(5-11)12-8/h4,6H,3,5H2,1-2H3. The van der Waals surface area contributed by atoms with E-state index in [-0.39, 0.29) is 0 Å². The number of hydrogen-bond donors (Lipinski definition) is 0. The van der Waals surface area contributed by atoms with Gasteiger partial charge in [-0.1, -0.05) is 0 Å². The average molecular weight is 242 g/mol. The summed E-state index contributed by atoms with van der Waals surface area (Å²) in [5.41, 5.74) is 3.06. The van der Waals surface area contributed by atoms with Crippen molar-refractivity contribution < 1.29 is 0 Å². The third kappa shape index (κ3) is 2.06. The van der Waals surface area contributed by atoms with Crippen molar-refractivity contribution in [1.29, 1.82) is 0 Å². The van der Waals surface area contributed by atoms with Crippen molar-refractivity contribution in [2.24, 2.45) is 0 Å². The van der Waals surface area contributed by atoms with Gasteiger partial charge in [-0.2, -0.15) is 5.10 Å². The van der Waals surface area contributed by atoms with E-state index in [4.69, 9.17) is 11.6 Å². The molecule has 0 radical (unpaired) electrons. The number of nitrogens with zero attached hydrogens (tertiary/aromatic N) is 3. The molecule has 0 saturated heterocycles. The molecule has 3 nitrogen and oxygen atoms in total. The molecule has 0 amide bonds. The third-order valence-electron chi connectivity index (χ3n) is 2.13. The minimum Gasteiger partial charge on any atom is -0.263 e. The van der Waals surface area contributed by atoms with E-state index in [0.29, 0.717) is 5.88 Å². The summed E-state index contributed by atoms with van der Waals surface area (Å²) in [6.07, 6.45) is 0. The number of hydrogen-bond acceptors (Lipinski definition) is 3. The Morgan fingerprint density at radius 3 is 2.93 bits per heavy atom. The molecule has 0 atom stereocenters. The van der Waals surface area contributed by atoms with E-state index >= 15 is 0 Å². The molecule has 0 saturated carbocycles. The van der Waals surface area contributed by atoms with Crippen LogP contribution in [0, 0.1) is 6.92 Å². The molecule has 15 heavy (non-hydrogen) atoms. The number of aromatic nitrogens is 3. The SMILES string of the molecule is CCn1nc(C)cc1-c1csc(CCl)n1. The maximum Gasteiger partial charge on any atom is 0.108 e. The fraction of sp³-hybridized carbons (Fsp3) is 0.400. The van der Waals surface area contributed by atoms with Crippen LogP contribution in [0.25, 0.3) is 11.4 Å². The highest BCUT2D eigenvalue weighted by Crippen LogP contribution is 2.23. The number of aryl methyl sites for hydroxylation is 2. The molecule has 0 aromatic carbocycles. The van der Waals surface area contributed by atoms with Crippen LogP contribution in [-0.2, 0) is 12.4 Å². The van der Waals surface area contributed by atoms with Crippen LogP contribution in [0.15, 0.2) is 11.4 Å². The van der Waals surface area contributed by atoms with E-state index in [1.165, 1.54) is 0 Å². The lowest BCUT2D eigenvalue weighted by Gasteiger charge is -2.00. The second kappa shape index (κ2) is 4.33. The van der Waals surface area contributed by atoms with Crippen molar-refractivity contribution >= 4 is 22.9 Å². The molecule has 2 heterocycles. The Morgan fingerprint density at radius 2 is 2.33 bits per heavy atom. The highest BCUT2D eigenvalue weighted by atomic mass is 35.5. The van der Waals surface area contributed by atoms with Crippen molar-refractivity contribution in [3.05, 3.63) is 22.1 Å². The van der Waals surface area contributed by atoms with Crippen LogP contribution in [0.2, 0.25) is 0 Å². The molecule has 0 aliphatic heterocycles. The molecular weight excluding hydrogens is 230 g/mol. The molecule has 0 spiro atoms. The van der Waals surface area contributed by atoms with Gasteiger partial charge < -0.3 is 0 Å². The fourth-order valence-electron chi connectivity index (χ4n) is 1.48. The minimum atomic E-state index is 0.476. The zero-order valence-electron chi connectivity index (χ0n) is 8.70. The second-order valence-electron chi connectivity index (χ2n) is 3.25.